The van der Waals surface area contributed by atoms with Crippen molar-refractivity contribution in [1.82, 2.24) is 4.98 Å². The molecule has 2 heterocycles. The number of anilines is 2. The van der Waals surface area contributed by atoms with Crippen LogP contribution in [0.5, 0.6) is 0 Å². The van der Waals surface area contributed by atoms with Gasteiger partial charge in [0.2, 0.25) is 0 Å². The number of nitrogens with zero attached hydrogens (tertiary/aromatic N) is 2. The second-order valence-corrected chi connectivity index (χ2v) is 8.26. The summed E-state index contributed by atoms with van der Waals surface area (Å²) in [6, 6.07) is 8.53. The number of nitrogens with one attached hydrogen (secondary N) is 1. The first-order chi connectivity index (χ1) is 11.8. The van der Waals surface area contributed by atoms with Crippen molar-refractivity contribution in [2.75, 3.05) is 28.8 Å². The minimum atomic E-state index is -3.00. The van der Waals surface area contributed by atoms with Crippen LogP contribution in [0.1, 0.15) is 16.8 Å². The number of hydrogen-bond acceptors (Lipinski definition) is 5. The van der Waals surface area contributed by atoms with Crippen LogP contribution < -0.4 is 10.2 Å². The molecule has 3 rings (SSSR count). The first-order valence-electron chi connectivity index (χ1n) is 7.80. The number of carbonyl (C=O) groups excluding carboxylic acids is 1. The van der Waals surface area contributed by atoms with Crippen molar-refractivity contribution < 1.29 is 17.6 Å². The Kier molecular flexibility index (Phi) is 4.71. The first-order valence-corrected chi connectivity index (χ1v) is 9.62. The maximum Gasteiger partial charge on any atom is 0.255 e. The van der Waals surface area contributed by atoms with Crippen LogP contribution in [0.2, 0.25) is 0 Å². The van der Waals surface area contributed by atoms with Crippen LogP contribution in [-0.4, -0.2) is 43.9 Å². The third-order valence-corrected chi connectivity index (χ3v) is 5.98. The van der Waals surface area contributed by atoms with E-state index in [-0.39, 0.29) is 29.3 Å². The molecule has 1 aliphatic rings. The topological polar surface area (TPSA) is 79.4 Å². The number of sulfone groups is 1. The number of hydrogen-bond donors (Lipinski definition) is 1. The zero-order valence-electron chi connectivity index (χ0n) is 13.6. The van der Waals surface area contributed by atoms with Gasteiger partial charge in [-0.05, 0) is 42.8 Å². The van der Waals surface area contributed by atoms with Gasteiger partial charge in [0.1, 0.15) is 11.6 Å². The third-order valence-electron chi connectivity index (χ3n) is 4.23. The second kappa shape index (κ2) is 6.79. The minimum Gasteiger partial charge on any atom is -0.356 e. The van der Waals surface area contributed by atoms with Crippen LogP contribution in [0.15, 0.2) is 42.6 Å². The Hall–Kier alpha value is -2.48. The fourth-order valence-corrected chi connectivity index (χ4v) is 4.53. The summed E-state index contributed by atoms with van der Waals surface area (Å²) in [5, 5.41) is 2.69. The van der Waals surface area contributed by atoms with Gasteiger partial charge in [0.05, 0.1) is 11.5 Å². The summed E-state index contributed by atoms with van der Waals surface area (Å²) >= 11 is 0. The lowest BCUT2D eigenvalue weighted by molar-refractivity contribution is 0.102. The molecule has 1 N–H and O–H groups in total. The van der Waals surface area contributed by atoms with Crippen LogP contribution in [0.4, 0.5) is 15.9 Å². The average molecular weight is 363 g/mol. The number of rotatable bonds is 4. The number of halogens is 1. The van der Waals surface area contributed by atoms with Crippen LogP contribution in [-0.2, 0) is 9.84 Å². The fourth-order valence-electron chi connectivity index (χ4n) is 2.76. The van der Waals surface area contributed by atoms with Gasteiger partial charge in [-0.25, -0.2) is 17.8 Å². The molecule has 0 spiro atoms. The Morgan fingerprint density at radius 2 is 2.00 bits per heavy atom. The smallest absolute Gasteiger partial charge is 0.255 e. The fraction of sp³-hybridized carbons (Fsp3) is 0.294. The van der Waals surface area contributed by atoms with Crippen molar-refractivity contribution in [2.45, 2.75) is 12.5 Å². The average Bonchev–Trinajstić information content (AvgIpc) is 2.96. The number of benzene rings is 1. The van der Waals surface area contributed by atoms with Crippen molar-refractivity contribution in [3.63, 3.8) is 0 Å². The number of aromatic nitrogens is 1. The predicted octanol–water partition coefficient (Wildman–Crippen LogP) is 2.10. The normalized spacial score (nSPS) is 18.7. The SMILES string of the molecule is CN(c1cc(C(=O)Nc2ccc(F)cc2)ccn1)C1CCS(=O)(=O)C1. The molecule has 132 valence electrons. The number of carbonyl (C=O) groups is 1. The highest BCUT2D eigenvalue weighted by Gasteiger charge is 2.31. The molecule has 1 saturated heterocycles. The Labute approximate surface area is 145 Å². The van der Waals surface area contributed by atoms with E-state index in [1.54, 1.807) is 24.1 Å². The van der Waals surface area contributed by atoms with Gasteiger partial charge in [0, 0.05) is 30.5 Å². The van der Waals surface area contributed by atoms with Crippen LogP contribution in [0.25, 0.3) is 0 Å². The van der Waals surface area contributed by atoms with E-state index in [4.69, 9.17) is 0 Å². The molecule has 1 aromatic heterocycles. The van der Waals surface area contributed by atoms with Gasteiger partial charge in [-0.2, -0.15) is 0 Å². The molecule has 1 fully saturated rings. The van der Waals surface area contributed by atoms with Crippen LogP contribution in [0.3, 0.4) is 0 Å². The van der Waals surface area contributed by atoms with Crippen molar-refractivity contribution in [2.24, 2.45) is 0 Å². The molecular weight excluding hydrogens is 345 g/mol. The molecular formula is C17H18FN3O3S. The van der Waals surface area contributed by atoms with E-state index in [2.05, 4.69) is 10.3 Å². The van der Waals surface area contributed by atoms with E-state index < -0.39 is 9.84 Å². The lowest BCUT2D eigenvalue weighted by Crippen LogP contribution is -2.33. The Bertz CT molecular complexity index is 884. The molecule has 1 amide bonds. The molecule has 25 heavy (non-hydrogen) atoms. The Morgan fingerprint density at radius 3 is 2.64 bits per heavy atom. The van der Waals surface area contributed by atoms with Gasteiger partial charge in [-0.3, -0.25) is 4.79 Å². The lowest BCUT2D eigenvalue weighted by Gasteiger charge is -2.24. The Balaban J connectivity index is 1.74. The quantitative estimate of drug-likeness (QED) is 0.900. The summed E-state index contributed by atoms with van der Waals surface area (Å²) in [5.74, 6) is 0.0816. The number of amides is 1. The maximum atomic E-state index is 12.9. The van der Waals surface area contributed by atoms with E-state index >= 15 is 0 Å². The summed E-state index contributed by atoms with van der Waals surface area (Å²) in [5.41, 5.74) is 0.877. The van der Waals surface area contributed by atoms with E-state index in [1.807, 2.05) is 0 Å². The third kappa shape index (κ3) is 4.14. The van der Waals surface area contributed by atoms with Gasteiger partial charge in [-0.15, -0.1) is 0 Å². The largest absolute Gasteiger partial charge is 0.356 e. The lowest BCUT2D eigenvalue weighted by atomic mass is 10.2. The predicted molar refractivity (Wildman–Crippen MR) is 94.1 cm³/mol. The molecule has 6 nitrogen and oxygen atoms in total. The highest BCUT2D eigenvalue weighted by atomic mass is 32.2. The highest BCUT2D eigenvalue weighted by Crippen LogP contribution is 2.22. The van der Waals surface area contributed by atoms with Crippen LogP contribution >= 0.6 is 0 Å². The molecule has 0 aliphatic carbocycles. The molecule has 1 unspecified atom stereocenters. The summed E-state index contributed by atoms with van der Waals surface area (Å²) in [7, 11) is -1.23. The van der Waals surface area contributed by atoms with Gasteiger partial charge >= 0.3 is 0 Å². The van der Waals surface area contributed by atoms with E-state index in [1.165, 1.54) is 30.5 Å². The molecule has 2 aromatic rings. The van der Waals surface area contributed by atoms with Gasteiger partial charge in [0.25, 0.3) is 5.91 Å². The maximum absolute atomic E-state index is 12.9. The molecule has 8 heteroatoms. The molecule has 1 atom stereocenters. The summed E-state index contributed by atoms with van der Waals surface area (Å²) in [6.07, 6.45) is 2.06. The van der Waals surface area contributed by atoms with E-state index in [0.29, 0.717) is 23.5 Å². The molecule has 0 saturated carbocycles. The van der Waals surface area contributed by atoms with Gasteiger partial charge < -0.3 is 10.2 Å². The molecule has 1 aliphatic heterocycles. The van der Waals surface area contributed by atoms with Gasteiger partial charge in [0.15, 0.2) is 9.84 Å². The highest BCUT2D eigenvalue weighted by molar-refractivity contribution is 7.91. The molecule has 1 aromatic carbocycles. The van der Waals surface area contributed by atoms with E-state index in [0.717, 1.165) is 0 Å². The van der Waals surface area contributed by atoms with Crippen LogP contribution in [0, 0.1) is 5.82 Å². The van der Waals surface area contributed by atoms with Crippen molar-refractivity contribution in [1.29, 1.82) is 0 Å². The number of pyridine rings is 1. The monoisotopic (exact) mass is 363 g/mol. The Morgan fingerprint density at radius 1 is 1.28 bits per heavy atom. The summed E-state index contributed by atoms with van der Waals surface area (Å²) in [6.45, 7) is 0. The van der Waals surface area contributed by atoms with Crippen molar-refractivity contribution >= 4 is 27.2 Å². The first kappa shape index (κ1) is 17.3. The zero-order chi connectivity index (χ0) is 18.0. The molecule has 0 radical (unpaired) electrons. The summed E-state index contributed by atoms with van der Waals surface area (Å²) < 4.78 is 36.2. The van der Waals surface area contributed by atoms with Crippen molar-refractivity contribution in [3.05, 3.63) is 54.0 Å². The summed E-state index contributed by atoms with van der Waals surface area (Å²) in [4.78, 5) is 18.4. The minimum absolute atomic E-state index is 0.0944. The zero-order valence-corrected chi connectivity index (χ0v) is 14.5. The molecule has 0 bridgehead atoms. The van der Waals surface area contributed by atoms with Crippen molar-refractivity contribution in [3.8, 4) is 0 Å². The standard InChI is InChI=1S/C17H18FN3O3S/c1-21(15-7-9-25(23,24)11-15)16-10-12(6-8-19-16)17(22)20-14-4-2-13(18)3-5-14/h2-6,8,10,15H,7,9,11H2,1H3,(H,20,22). The second-order valence-electron chi connectivity index (χ2n) is 6.03. The van der Waals surface area contributed by atoms with E-state index in [9.17, 15) is 17.6 Å². The van der Waals surface area contributed by atoms with Gasteiger partial charge in [-0.1, -0.05) is 0 Å².